The molecule has 2 aromatic carbocycles. The number of halogens is 1. The molecular formula is C18H22ClNO. The first kappa shape index (κ1) is 15.9. The maximum Gasteiger partial charge on any atom is 0.119 e. The lowest BCUT2D eigenvalue weighted by molar-refractivity contribution is 0.306. The van der Waals surface area contributed by atoms with E-state index in [-0.39, 0.29) is 0 Å². The predicted molar refractivity (Wildman–Crippen MR) is 88.9 cm³/mol. The van der Waals surface area contributed by atoms with Gasteiger partial charge in [-0.15, -0.1) is 0 Å². The molecule has 2 nitrogen and oxygen atoms in total. The number of hydrogen-bond acceptors (Lipinski definition) is 2. The van der Waals surface area contributed by atoms with Gasteiger partial charge in [0.25, 0.3) is 0 Å². The summed E-state index contributed by atoms with van der Waals surface area (Å²) < 4.78 is 5.80. The first-order valence-electron chi connectivity index (χ1n) is 7.43. The molecule has 112 valence electrons. The summed E-state index contributed by atoms with van der Waals surface area (Å²) in [7, 11) is 0. The Kier molecular flexibility index (Phi) is 6.09. The van der Waals surface area contributed by atoms with Crippen LogP contribution in [0, 0.1) is 0 Å². The topological polar surface area (TPSA) is 21.3 Å². The van der Waals surface area contributed by atoms with E-state index < -0.39 is 0 Å². The molecule has 0 amide bonds. The van der Waals surface area contributed by atoms with Crippen molar-refractivity contribution < 1.29 is 4.74 Å². The van der Waals surface area contributed by atoms with Gasteiger partial charge in [0.1, 0.15) is 12.4 Å². The van der Waals surface area contributed by atoms with Gasteiger partial charge in [0.15, 0.2) is 0 Å². The van der Waals surface area contributed by atoms with Crippen molar-refractivity contribution in [3.8, 4) is 5.75 Å². The Morgan fingerprint density at radius 3 is 2.48 bits per heavy atom. The fourth-order valence-corrected chi connectivity index (χ4v) is 2.55. The maximum absolute atomic E-state index is 5.97. The molecule has 0 aliphatic rings. The van der Waals surface area contributed by atoms with Crippen LogP contribution in [0.5, 0.6) is 5.75 Å². The van der Waals surface area contributed by atoms with E-state index in [1.165, 1.54) is 5.56 Å². The Balaban J connectivity index is 1.96. The van der Waals surface area contributed by atoms with Crippen LogP contribution in [0.2, 0.25) is 5.02 Å². The molecule has 3 heteroatoms. The molecule has 0 bridgehead atoms. The SMILES string of the molecule is CCNC(CC)c1ccc(OCc2cccc(Cl)c2)cc1. The highest BCUT2D eigenvalue weighted by Gasteiger charge is 2.07. The van der Waals surface area contributed by atoms with Gasteiger partial charge < -0.3 is 10.1 Å². The van der Waals surface area contributed by atoms with Gasteiger partial charge in [0.2, 0.25) is 0 Å². The predicted octanol–water partition coefficient (Wildman–Crippen LogP) is 4.98. The molecule has 0 aliphatic carbocycles. The van der Waals surface area contributed by atoms with Gasteiger partial charge in [-0.1, -0.05) is 49.7 Å². The molecule has 21 heavy (non-hydrogen) atoms. The van der Waals surface area contributed by atoms with Crippen molar-refractivity contribution in [2.75, 3.05) is 6.54 Å². The number of hydrogen-bond donors (Lipinski definition) is 1. The molecule has 0 aliphatic heterocycles. The van der Waals surface area contributed by atoms with E-state index in [2.05, 4.69) is 31.3 Å². The van der Waals surface area contributed by atoms with Crippen molar-refractivity contribution in [2.24, 2.45) is 0 Å². The molecule has 0 saturated carbocycles. The van der Waals surface area contributed by atoms with Crippen molar-refractivity contribution in [1.82, 2.24) is 5.32 Å². The van der Waals surface area contributed by atoms with E-state index in [9.17, 15) is 0 Å². The standard InChI is InChI=1S/C18H22ClNO/c1-3-18(20-4-2)15-8-10-17(11-9-15)21-13-14-6-5-7-16(19)12-14/h5-12,18,20H,3-4,13H2,1-2H3. The number of ether oxygens (including phenoxy) is 1. The Hall–Kier alpha value is -1.51. The molecule has 0 radical (unpaired) electrons. The number of rotatable bonds is 7. The summed E-state index contributed by atoms with van der Waals surface area (Å²) in [5.74, 6) is 0.880. The summed E-state index contributed by atoms with van der Waals surface area (Å²) in [6.07, 6.45) is 1.08. The third-order valence-electron chi connectivity index (χ3n) is 3.44. The average molecular weight is 304 g/mol. The molecule has 1 N–H and O–H groups in total. The Morgan fingerprint density at radius 1 is 1.10 bits per heavy atom. The zero-order valence-corrected chi connectivity index (χ0v) is 13.4. The van der Waals surface area contributed by atoms with Gasteiger partial charge in [0, 0.05) is 11.1 Å². The summed E-state index contributed by atoms with van der Waals surface area (Å²) >= 11 is 5.97. The van der Waals surface area contributed by atoms with Crippen LogP contribution in [0.4, 0.5) is 0 Å². The van der Waals surface area contributed by atoms with Crippen molar-refractivity contribution >= 4 is 11.6 Å². The summed E-state index contributed by atoms with van der Waals surface area (Å²) in [6, 6.07) is 16.5. The largest absolute Gasteiger partial charge is 0.489 e. The van der Waals surface area contributed by atoms with Crippen LogP contribution in [0.1, 0.15) is 37.4 Å². The Labute approximate surface area is 132 Å². The van der Waals surface area contributed by atoms with Crippen LogP contribution in [0.25, 0.3) is 0 Å². The van der Waals surface area contributed by atoms with E-state index in [0.717, 1.165) is 29.3 Å². The van der Waals surface area contributed by atoms with Gasteiger partial charge in [-0.05, 0) is 48.4 Å². The van der Waals surface area contributed by atoms with E-state index in [0.29, 0.717) is 12.6 Å². The monoisotopic (exact) mass is 303 g/mol. The molecule has 0 saturated heterocycles. The highest BCUT2D eigenvalue weighted by atomic mass is 35.5. The van der Waals surface area contributed by atoms with Crippen LogP contribution < -0.4 is 10.1 Å². The molecule has 2 rings (SSSR count). The van der Waals surface area contributed by atoms with Gasteiger partial charge in [-0.3, -0.25) is 0 Å². The van der Waals surface area contributed by atoms with E-state index >= 15 is 0 Å². The molecular weight excluding hydrogens is 282 g/mol. The van der Waals surface area contributed by atoms with Gasteiger partial charge in [-0.2, -0.15) is 0 Å². The Morgan fingerprint density at radius 2 is 1.86 bits per heavy atom. The lowest BCUT2D eigenvalue weighted by Crippen LogP contribution is -2.19. The van der Waals surface area contributed by atoms with Crippen LogP contribution in [0.15, 0.2) is 48.5 Å². The van der Waals surface area contributed by atoms with Crippen LogP contribution in [0.3, 0.4) is 0 Å². The lowest BCUT2D eigenvalue weighted by atomic mass is 10.0. The van der Waals surface area contributed by atoms with Crippen LogP contribution in [-0.2, 0) is 6.61 Å². The van der Waals surface area contributed by atoms with E-state index in [4.69, 9.17) is 16.3 Å². The second-order valence-corrected chi connectivity index (χ2v) is 5.44. The molecule has 1 unspecified atom stereocenters. The molecule has 2 aromatic rings. The zero-order valence-electron chi connectivity index (χ0n) is 12.6. The third kappa shape index (κ3) is 4.76. The van der Waals surface area contributed by atoms with Gasteiger partial charge in [0.05, 0.1) is 0 Å². The highest BCUT2D eigenvalue weighted by molar-refractivity contribution is 6.30. The van der Waals surface area contributed by atoms with Gasteiger partial charge >= 0.3 is 0 Å². The normalized spacial score (nSPS) is 12.1. The smallest absolute Gasteiger partial charge is 0.119 e. The van der Waals surface area contributed by atoms with Crippen molar-refractivity contribution in [1.29, 1.82) is 0 Å². The molecule has 0 fully saturated rings. The molecule has 0 aromatic heterocycles. The summed E-state index contributed by atoms with van der Waals surface area (Å²) in [6.45, 7) is 5.83. The van der Waals surface area contributed by atoms with Crippen LogP contribution >= 0.6 is 11.6 Å². The van der Waals surface area contributed by atoms with Crippen molar-refractivity contribution in [3.63, 3.8) is 0 Å². The fourth-order valence-electron chi connectivity index (χ4n) is 2.33. The maximum atomic E-state index is 5.97. The highest BCUT2D eigenvalue weighted by Crippen LogP contribution is 2.21. The summed E-state index contributed by atoms with van der Waals surface area (Å²) in [4.78, 5) is 0. The van der Waals surface area contributed by atoms with Crippen molar-refractivity contribution in [3.05, 3.63) is 64.7 Å². The zero-order chi connectivity index (χ0) is 15.1. The quantitative estimate of drug-likeness (QED) is 0.779. The third-order valence-corrected chi connectivity index (χ3v) is 3.67. The van der Waals surface area contributed by atoms with E-state index in [1.807, 2.05) is 36.4 Å². The summed E-state index contributed by atoms with van der Waals surface area (Å²) in [5, 5.41) is 4.22. The molecule has 0 heterocycles. The minimum absolute atomic E-state index is 0.414. The first-order chi connectivity index (χ1) is 10.2. The number of benzene rings is 2. The second-order valence-electron chi connectivity index (χ2n) is 5.01. The lowest BCUT2D eigenvalue weighted by Gasteiger charge is -2.16. The number of nitrogens with one attached hydrogen (secondary N) is 1. The van der Waals surface area contributed by atoms with Gasteiger partial charge in [-0.25, -0.2) is 0 Å². The van der Waals surface area contributed by atoms with E-state index in [1.54, 1.807) is 0 Å². The first-order valence-corrected chi connectivity index (χ1v) is 7.81. The van der Waals surface area contributed by atoms with Crippen molar-refractivity contribution in [2.45, 2.75) is 32.9 Å². The summed E-state index contributed by atoms with van der Waals surface area (Å²) in [5.41, 5.74) is 2.38. The molecule has 0 spiro atoms. The fraction of sp³-hybridized carbons (Fsp3) is 0.333. The van der Waals surface area contributed by atoms with Crippen LogP contribution in [-0.4, -0.2) is 6.54 Å². The Bertz CT molecular complexity index is 553. The second kappa shape index (κ2) is 8.06. The minimum atomic E-state index is 0.414. The minimum Gasteiger partial charge on any atom is -0.489 e. The molecule has 1 atom stereocenters. The average Bonchev–Trinajstić information content (AvgIpc) is 2.51.